The number of rotatable bonds is 5. The lowest BCUT2D eigenvalue weighted by Crippen LogP contribution is -2.48. The molecule has 0 spiro atoms. The molecule has 0 radical (unpaired) electrons. The molecule has 0 unspecified atom stereocenters. The second kappa shape index (κ2) is 9.13. The molecular weight excluding hydrogens is 414 g/mol. The first-order valence-corrected chi connectivity index (χ1v) is 10.7. The number of methoxy groups -OCH3 is 1. The van der Waals surface area contributed by atoms with Crippen molar-refractivity contribution in [2.24, 2.45) is 0 Å². The molecule has 160 valence electrons. The minimum Gasteiger partial charge on any atom is -0.497 e. The summed E-state index contributed by atoms with van der Waals surface area (Å²) in [6.45, 7) is 4.03. The highest BCUT2D eigenvalue weighted by molar-refractivity contribution is 7.09. The van der Waals surface area contributed by atoms with Crippen molar-refractivity contribution in [3.05, 3.63) is 53.5 Å². The number of amides is 2. The van der Waals surface area contributed by atoms with Crippen LogP contribution >= 0.6 is 11.5 Å². The van der Waals surface area contributed by atoms with Crippen LogP contribution in [0.1, 0.15) is 16.6 Å². The van der Waals surface area contributed by atoms with E-state index in [1.165, 1.54) is 6.92 Å². The maximum absolute atomic E-state index is 13.3. The van der Waals surface area contributed by atoms with Gasteiger partial charge in [-0.2, -0.15) is 4.37 Å². The van der Waals surface area contributed by atoms with Crippen LogP contribution in [0.15, 0.2) is 48.7 Å². The van der Waals surface area contributed by atoms with Gasteiger partial charge in [-0.1, -0.05) is 6.07 Å². The van der Waals surface area contributed by atoms with E-state index < -0.39 is 0 Å². The molecule has 4 rings (SSSR count). The first kappa shape index (κ1) is 20.8. The standard InChI is InChI=1S/C22H23N5O3S/c1-15(28)24-20-19(18-5-3-4-10-23-18)25-31-21(20)22(29)27-13-11-26(12-14-27)16-6-8-17(30-2)9-7-16/h3-10H,11-14H2,1-2H3,(H,24,28). The summed E-state index contributed by atoms with van der Waals surface area (Å²) in [5.41, 5.74) is 2.66. The van der Waals surface area contributed by atoms with E-state index in [9.17, 15) is 9.59 Å². The Hall–Kier alpha value is -3.46. The Kier molecular flexibility index (Phi) is 6.13. The van der Waals surface area contributed by atoms with Crippen molar-refractivity contribution in [2.75, 3.05) is 43.5 Å². The molecule has 1 aliphatic rings. The fourth-order valence-corrected chi connectivity index (χ4v) is 4.32. The zero-order valence-corrected chi connectivity index (χ0v) is 18.2. The van der Waals surface area contributed by atoms with E-state index in [0.29, 0.717) is 35.0 Å². The quantitative estimate of drug-likeness (QED) is 0.660. The molecule has 1 saturated heterocycles. The average Bonchev–Trinajstić information content (AvgIpc) is 3.22. The predicted octanol–water partition coefficient (Wildman–Crippen LogP) is 3.13. The van der Waals surface area contributed by atoms with Crippen molar-refractivity contribution >= 4 is 34.7 Å². The molecule has 0 atom stereocenters. The molecule has 2 aromatic heterocycles. The fraction of sp³-hybridized carbons (Fsp3) is 0.273. The Morgan fingerprint density at radius 3 is 2.42 bits per heavy atom. The molecule has 3 aromatic rings. The summed E-state index contributed by atoms with van der Waals surface area (Å²) in [4.78, 5) is 33.8. The van der Waals surface area contributed by atoms with E-state index in [1.807, 2.05) is 42.5 Å². The van der Waals surface area contributed by atoms with E-state index >= 15 is 0 Å². The SMILES string of the molecule is COc1ccc(N2CCN(C(=O)c3snc(-c4ccccn4)c3NC(C)=O)CC2)cc1. The van der Waals surface area contributed by atoms with Crippen molar-refractivity contribution in [3.63, 3.8) is 0 Å². The highest BCUT2D eigenvalue weighted by Crippen LogP contribution is 2.33. The average molecular weight is 438 g/mol. The third-order valence-corrected chi connectivity index (χ3v) is 5.93. The number of hydrogen-bond donors (Lipinski definition) is 1. The third-order valence-electron chi connectivity index (χ3n) is 5.10. The number of pyridine rings is 1. The Morgan fingerprint density at radius 2 is 1.81 bits per heavy atom. The van der Waals surface area contributed by atoms with Crippen LogP contribution in [0, 0.1) is 0 Å². The fourth-order valence-electron chi connectivity index (χ4n) is 3.51. The van der Waals surface area contributed by atoms with Gasteiger partial charge in [-0.15, -0.1) is 0 Å². The number of nitrogens with one attached hydrogen (secondary N) is 1. The van der Waals surface area contributed by atoms with Gasteiger partial charge >= 0.3 is 0 Å². The summed E-state index contributed by atoms with van der Waals surface area (Å²) in [5, 5.41) is 2.79. The van der Waals surface area contributed by atoms with Gasteiger partial charge in [0.25, 0.3) is 5.91 Å². The van der Waals surface area contributed by atoms with Crippen LogP contribution in [0.25, 0.3) is 11.4 Å². The number of anilines is 2. The van der Waals surface area contributed by atoms with Gasteiger partial charge in [0.1, 0.15) is 16.3 Å². The summed E-state index contributed by atoms with van der Waals surface area (Å²) in [5.74, 6) is 0.436. The number of nitrogens with zero attached hydrogens (tertiary/aromatic N) is 4. The zero-order chi connectivity index (χ0) is 21.8. The summed E-state index contributed by atoms with van der Waals surface area (Å²) in [6.07, 6.45) is 1.66. The van der Waals surface area contributed by atoms with Crippen molar-refractivity contribution in [1.82, 2.24) is 14.3 Å². The Labute approximate surface area is 184 Å². The van der Waals surface area contributed by atoms with Crippen LogP contribution in [-0.4, -0.2) is 59.4 Å². The highest BCUT2D eigenvalue weighted by atomic mass is 32.1. The molecule has 3 heterocycles. The maximum Gasteiger partial charge on any atom is 0.267 e. The van der Waals surface area contributed by atoms with Gasteiger partial charge in [-0.05, 0) is 47.9 Å². The van der Waals surface area contributed by atoms with Crippen molar-refractivity contribution in [3.8, 4) is 17.1 Å². The van der Waals surface area contributed by atoms with E-state index in [2.05, 4.69) is 19.6 Å². The molecule has 1 aromatic carbocycles. The molecule has 9 heteroatoms. The lowest BCUT2D eigenvalue weighted by atomic mass is 10.2. The number of piperazine rings is 1. The number of hydrogen-bond acceptors (Lipinski definition) is 7. The normalized spacial score (nSPS) is 13.7. The molecule has 2 amide bonds. The van der Waals surface area contributed by atoms with Crippen LogP contribution < -0.4 is 15.0 Å². The number of carbonyl (C=O) groups is 2. The minimum atomic E-state index is -0.254. The highest BCUT2D eigenvalue weighted by Gasteiger charge is 2.28. The number of ether oxygens (including phenoxy) is 1. The number of carbonyl (C=O) groups excluding carboxylic acids is 2. The van der Waals surface area contributed by atoms with Gasteiger partial charge in [-0.25, -0.2) is 0 Å². The predicted molar refractivity (Wildman–Crippen MR) is 121 cm³/mol. The van der Waals surface area contributed by atoms with Crippen LogP contribution in [0.4, 0.5) is 11.4 Å². The van der Waals surface area contributed by atoms with E-state index in [1.54, 1.807) is 18.2 Å². The van der Waals surface area contributed by atoms with Gasteiger partial charge in [0.05, 0.1) is 18.5 Å². The summed E-state index contributed by atoms with van der Waals surface area (Å²) < 4.78 is 9.64. The summed E-state index contributed by atoms with van der Waals surface area (Å²) in [6, 6.07) is 13.4. The van der Waals surface area contributed by atoms with Crippen LogP contribution in [0.2, 0.25) is 0 Å². The zero-order valence-electron chi connectivity index (χ0n) is 17.4. The smallest absolute Gasteiger partial charge is 0.267 e. The first-order valence-electron chi connectivity index (χ1n) is 9.93. The second-order valence-corrected chi connectivity index (χ2v) is 7.88. The number of aromatic nitrogens is 2. The summed E-state index contributed by atoms with van der Waals surface area (Å²) >= 11 is 1.09. The van der Waals surface area contributed by atoms with Crippen LogP contribution in [0.3, 0.4) is 0 Å². The monoisotopic (exact) mass is 437 g/mol. The molecule has 1 N–H and O–H groups in total. The molecule has 0 bridgehead atoms. The largest absolute Gasteiger partial charge is 0.497 e. The van der Waals surface area contributed by atoms with E-state index in [4.69, 9.17) is 4.74 Å². The third kappa shape index (κ3) is 4.51. The van der Waals surface area contributed by atoms with Gasteiger partial charge in [-0.3, -0.25) is 14.6 Å². The lowest BCUT2D eigenvalue weighted by molar-refractivity contribution is -0.114. The summed E-state index contributed by atoms with van der Waals surface area (Å²) in [7, 11) is 1.65. The molecule has 31 heavy (non-hydrogen) atoms. The minimum absolute atomic E-state index is 0.127. The molecule has 0 aliphatic carbocycles. The molecule has 0 saturated carbocycles. The maximum atomic E-state index is 13.3. The molecule has 8 nitrogen and oxygen atoms in total. The Morgan fingerprint density at radius 1 is 1.06 bits per heavy atom. The Balaban J connectivity index is 1.51. The molecule has 1 aliphatic heterocycles. The molecule has 1 fully saturated rings. The van der Waals surface area contributed by atoms with Crippen molar-refractivity contribution < 1.29 is 14.3 Å². The Bertz CT molecular complexity index is 1060. The lowest BCUT2D eigenvalue weighted by Gasteiger charge is -2.36. The topological polar surface area (TPSA) is 87.7 Å². The van der Waals surface area contributed by atoms with E-state index in [0.717, 1.165) is 36.1 Å². The number of benzene rings is 1. The van der Waals surface area contributed by atoms with Crippen LogP contribution in [-0.2, 0) is 4.79 Å². The van der Waals surface area contributed by atoms with Gasteiger partial charge in [0.15, 0.2) is 0 Å². The second-order valence-electron chi connectivity index (χ2n) is 7.11. The van der Waals surface area contributed by atoms with Gasteiger partial charge in [0.2, 0.25) is 5.91 Å². The van der Waals surface area contributed by atoms with Crippen molar-refractivity contribution in [2.45, 2.75) is 6.92 Å². The van der Waals surface area contributed by atoms with Crippen molar-refractivity contribution in [1.29, 1.82) is 0 Å². The molecular formula is C22H23N5O3S. The van der Waals surface area contributed by atoms with Gasteiger partial charge in [0, 0.05) is 45.0 Å². The van der Waals surface area contributed by atoms with E-state index in [-0.39, 0.29) is 11.8 Å². The van der Waals surface area contributed by atoms with Crippen LogP contribution in [0.5, 0.6) is 5.75 Å². The first-order chi connectivity index (χ1) is 15.1. The van der Waals surface area contributed by atoms with Gasteiger partial charge < -0.3 is 19.9 Å².